The first-order valence-electron chi connectivity index (χ1n) is 9.37. The zero-order valence-electron chi connectivity index (χ0n) is 16.7. The lowest BCUT2D eigenvalue weighted by atomic mass is 10.0. The zero-order chi connectivity index (χ0) is 20.0. The minimum atomic E-state index is -0.118. The number of rotatable bonds is 8. The van der Waals surface area contributed by atoms with E-state index in [4.69, 9.17) is 12.2 Å². The molecule has 0 aliphatic carbocycles. The number of aryl methyl sites for hydroxylation is 2. The van der Waals surface area contributed by atoms with Crippen molar-refractivity contribution in [2.45, 2.75) is 26.8 Å². The van der Waals surface area contributed by atoms with Crippen molar-refractivity contribution < 1.29 is 10.0 Å². The Bertz CT molecular complexity index is 848. The maximum absolute atomic E-state index is 12.5. The van der Waals surface area contributed by atoms with Crippen molar-refractivity contribution in [2.24, 2.45) is 0 Å². The number of aromatic amines is 1. The van der Waals surface area contributed by atoms with Gasteiger partial charge in [-0.3, -0.25) is 4.79 Å². The molecular weight excluding hydrogens is 360 g/mol. The largest absolute Gasteiger partial charge is 0.395 e. The summed E-state index contributed by atoms with van der Waals surface area (Å²) in [4.78, 5) is 18.7. The molecule has 1 aromatic carbocycles. The molecule has 0 aliphatic heterocycles. The van der Waals surface area contributed by atoms with Gasteiger partial charge in [0.2, 0.25) is 0 Å². The van der Waals surface area contributed by atoms with Crippen LogP contribution in [0, 0.1) is 13.8 Å². The van der Waals surface area contributed by atoms with Crippen molar-refractivity contribution in [3.05, 3.63) is 45.2 Å². The fourth-order valence-corrected chi connectivity index (χ4v) is 3.23. The number of thiocarbonyl (C=S) groups is 1. The van der Waals surface area contributed by atoms with Gasteiger partial charge < -0.3 is 25.2 Å². The monoisotopic (exact) mass is 391 g/mol. The molecule has 6 nitrogen and oxygen atoms in total. The Morgan fingerprint density at radius 1 is 1.26 bits per heavy atom. The molecule has 148 valence electrons. The third-order valence-corrected chi connectivity index (χ3v) is 5.09. The Morgan fingerprint density at radius 3 is 2.63 bits per heavy atom. The van der Waals surface area contributed by atoms with Gasteiger partial charge in [0.05, 0.1) is 33.8 Å². The molecule has 0 atom stereocenters. The van der Waals surface area contributed by atoms with E-state index in [9.17, 15) is 9.90 Å². The maximum Gasteiger partial charge on any atom is 0.253 e. The van der Waals surface area contributed by atoms with Crippen LogP contribution in [0.5, 0.6) is 0 Å². The van der Waals surface area contributed by atoms with Crippen LogP contribution in [0.2, 0.25) is 0 Å². The van der Waals surface area contributed by atoms with E-state index in [0.717, 1.165) is 36.0 Å². The first kappa shape index (κ1) is 21.3. The van der Waals surface area contributed by atoms with Gasteiger partial charge in [0.1, 0.15) is 0 Å². The van der Waals surface area contributed by atoms with Crippen LogP contribution in [-0.2, 0) is 6.54 Å². The Morgan fingerprint density at radius 2 is 1.96 bits per heavy atom. The number of quaternary nitrogens is 1. The van der Waals surface area contributed by atoms with Crippen LogP contribution in [0.25, 0.3) is 10.9 Å². The molecule has 27 heavy (non-hydrogen) atoms. The Kier molecular flexibility index (Phi) is 7.77. The number of H-pyrrole nitrogens is 1. The summed E-state index contributed by atoms with van der Waals surface area (Å²) in [6, 6.07) is 6.00. The predicted molar refractivity (Wildman–Crippen MR) is 114 cm³/mol. The first-order chi connectivity index (χ1) is 12.8. The van der Waals surface area contributed by atoms with E-state index in [1.807, 2.05) is 24.0 Å². The number of hydrogen-bond donors (Lipinski definition) is 4. The quantitative estimate of drug-likeness (QED) is 0.386. The Hall–Kier alpha value is -1.96. The fourth-order valence-electron chi connectivity index (χ4n) is 2.97. The molecule has 0 amide bonds. The highest BCUT2D eigenvalue weighted by atomic mass is 32.1. The number of nitrogens with zero attached hydrogens (tertiary/aromatic N) is 1. The van der Waals surface area contributed by atoms with Gasteiger partial charge in [0, 0.05) is 30.6 Å². The smallest absolute Gasteiger partial charge is 0.253 e. The lowest BCUT2D eigenvalue weighted by Gasteiger charge is -2.25. The van der Waals surface area contributed by atoms with E-state index in [1.165, 1.54) is 10.5 Å². The molecule has 0 fully saturated rings. The number of pyridine rings is 1. The van der Waals surface area contributed by atoms with Gasteiger partial charge in [0.25, 0.3) is 5.56 Å². The van der Waals surface area contributed by atoms with Crippen molar-refractivity contribution in [3.8, 4) is 0 Å². The third kappa shape index (κ3) is 6.02. The number of aromatic nitrogens is 1. The van der Waals surface area contributed by atoms with E-state index in [-0.39, 0.29) is 12.2 Å². The van der Waals surface area contributed by atoms with Crippen LogP contribution in [0.1, 0.15) is 23.1 Å². The molecule has 7 heteroatoms. The molecule has 0 unspecified atom stereocenters. The lowest BCUT2D eigenvalue weighted by Crippen LogP contribution is -3.05. The maximum atomic E-state index is 12.5. The molecule has 1 aromatic heterocycles. The summed E-state index contributed by atoms with van der Waals surface area (Å²) in [6.45, 7) is 6.65. The first-order valence-corrected chi connectivity index (χ1v) is 9.78. The van der Waals surface area contributed by atoms with Crippen LogP contribution in [0.4, 0.5) is 0 Å². The van der Waals surface area contributed by atoms with Crippen molar-refractivity contribution in [3.63, 3.8) is 0 Å². The zero-order valence-corrected chi connectivity index (χ0v) is 17.5. The predicted octanol–water partition coefficient (Wildman–Crippen LogP) is 0.348. The number of nitrogens with one attached hydrogen (secondary N) is 3. The van der Waals surface area contributed by atoms with Crippen molar-refractivity contribution in [2.75, 3.05) is 40.3 Å². The van der Waals surface area contributed by atoms with E-state index >= 15 is 0 Å². The van der Waals surface area contributed by atoms with E-state index in [1.54, 1.807) is 0 Å². The van der Waals surface area contributed by atoms with Crippen LogP contribution in [0.15, 0.2) is 23.0 Å². The Balaban J connectivity index is 2.15. The summed E-state index contributed by atoms with van der Waals surface area (Å²) >= 11 is 5.48. The minimum absolute atomic E-state index is 0.0204. The van der Waals surface area contributed by atoms with Crippen LogP contribution in [0.3, 0.4) is 0 Å². The number of aliphatic hydroxyl groups excluding tert-OH is 1. The topological polar surface area (TPSA) is 72.8 Å². The summed E-state index contributed by atoms with van der Waals surface area (Å²) < 4.78 is 0. The van der Waals surface area contributed by atoms with Gasteiger partial charge in [-0.2, -0.15) is 0 Å². The van der Waals surface area contributed by atoms with E-state index < -0.39 is 0 Å². The number of aliphatic hydroxyl groups is 1. The molecule has 2 aromatic rings. The fraction of sp³-hybridized carbons (Fsp3) is 0.500. The molecule has 1 heterocycles. The molecule has 2 rings (SSSR count). The minimum Gasteiger partial charge on any atom is -0.395 e. The van der Waals surface area contributed by atoms with Gasteiger partial charge in [-0.25, -0.2) is 0 Å². The molecule has 4 N–H and O–H groups in total. The highest BCUT2D eigenvalue weighted by Gasteiger charge is 2.13. The summed E-state index contributed by atoms with van der Waals surface area (Å²) in [7, 11) is 4.23. The molecule has 0 spiro atoms. The van der Waals surface area contributed by atoms with Gasteiger partial charge in [-0.05, 0) is 60.8 Å². The second kappa shape index (κ2) is 9.82. The van der Waals surface area contributed by atoms with Gasteiger partial charge in [-0.1, -0.05) is 0 Å². The average molecular weight is 392 g/mol. The number of hydrogen-bond acceptors (Lipinski definition) is 3. The third-order valence-electron chi connectivity index (χ3n) is 4.68. The number of fused-ring (bicyclic) bond motifs is 1. The van der Waals surface area contributed by atoms with E-state index in [2.05, 4.69) is 37.4 Å². The van der Waals surface area contributed by atoms with Crippen LogP contribution >= 0.6 is 12.2 Å². The van der Waals surface area contributed by atoms with Crippen LogP contribution < -0.4 is 15.8 Å². The normalized spacial score (nSPS) is 11.2. The van der Waals surface area contributed by atoms with Crippen molar-refractivity contribution in [1.29, 1.82) is 0 Å². The van der Waals surface area contributed by atoms with Crippen molar-refractivity contribution >= 4 is 28.2 Å². The second-order valence-corrected chi connectivity index (χ2v) is 7.72. The van der Waals surface area contributed by atoms with Gasteiger partial charge in [0.15, 0.2) is 5.11 Å². The SMILES string of the molecule is Cc1cc2cc(CN(CCO)C(=S)NCCC[NH+](C)C)c(=O)[nH]c2cc1C. The highest BCUT2D eigenvalue weighted by molar-refractivity contribution is 7.80. The molecule has 0 saturated heterocycles. The molecule has 0 bridgehead atoms. The highest BCUT2D eigenvalue weighted by Crippen LogP contribution is 2.17. The van der Waals surface area contributed by atoms with Gasteiger partial charge in [-0.15, -0.1) is 0 Å². The summed E-state index contributed by atoms with van der Waals surface area (Å²) in [5.74, 6) is 0. The van der Waals surface area contributed by atoms with E-state index in [0.29, 0.717) is 23.8 Å². The number of benzene rings is 1. The summed E-state index contributed by atoms with van der Waals surface area (Å²) in [5, 5.41) is 14.2. The summed E-state index contributed by atoms with van der Waals surface area (Å²) in [6.07, 6.45) is 1.00. The van der Waals surface area contributed by atoms with Crippen LogP contribution in [-0.4, -0.2) is 60.4 Å². The lowest BCUT2D eigenvalue weighted by molar-refractivity contribution is -0.858. The second-order valence-electron chi connectivity index (χ2n) is 7.34. The summed E-state index contributed by atoms with van der Waals surface area (Å²) in [5.41, 5.74) is 3.70. The standard InChI is InChI=1S/C20H30N4O2S/c1-14-10-16-12-17(19(26)22-18(16)11-15(14)2)13-24(8-9-25)20(27)21-6-5-7-23(3)4/h10-12,25H,5-9,13H2,1-4H3,(H,21,27)(H,22,26)/p+1. The average Bonchev–Trinajstić information content (AvgIpc) is 2.60. The Labute approximate surface area is 166 Å². The molecule has 0 saturated carbocycles. The molecule has 0 aliphatic rings. The van der Waals surface area contributed by atoms with Gasteiger partial charge >= 0.3 is 0 Å². The van der Waals surface area contributed by atoms with Crippen molar-refractivity contribution in [1.82, 2.24) is 15.2 Å². The molecular formula is C20H31N4O2S+. The molecule has 0 radical (unpaired) electrons.